The fourth-order valence-electron chi connectivity index (χ4n) is 5.03. The lowest BCUT2D eigenvalue weighted by Crippen LogP contribution is -2.35. The topological polar surface area (TPSA) is 257 Å². The molecule has 25 heteroatoms. The summed E-state index contributed by atoms with van der Waals surface area (Å²) in [6, 6.07) is 0. The Bertz CT molecular complexity index is 1870. The van der Waals surface area contributed by atoms with Gasteiger partial charge in [0.2, 0.25) is 17.8 Å². The van der Waals surface area contributed by atoms with E-state index in [2.05, 4.69) is 42.2 Å². The number of nitrogens with two attached hydrogens (primary N) is 2. The Morgan fingerprint density at radius 2 is 1.93 bits per heavy atom. The average molecular weight is 742 g/mol. The number of rotatable bonds is 10. The second-order valence-corrected chi connectivity index (χ2v) is 17.5. The molecule has 18 nitrogen and oxygen atoms in total. The molecule has 0 amide bonds. The number of fused-ring (bicyclic) bond motifs is 2. The van der Waals surface area contributed by atoms with Crippen molar-refractivity contribution in [2.75, 3.05) is 24.7 Å². The highest BCUT2D eigenvalue weighted by Crippen LogP contribution is 2.54. The van der Waals surface area contributed by atoms with E-state index in [0.717, 1.165) is 11.8 Å². The van der Waals surface area contributed by atoms with Crippen LogP contribution in [0.25, 0.3) is 22.3 Å². The predicted octanol–water partition coefficient (Wildman–Crippen LogP) is 0.0340. The van der Waals surface area contributed by atoms with Crippen molar-refractivity contribution in [3.63, 3.8) is 0 Å². The average Bonchev–Trinajstić information content (AvgIpc) is 3.73. The summed E-state index contributed by atoms with van der Waals surface area (Å²) >= 11 is 15.5. The summed E-state index contributed by atoms with van der Waals surface area (Å²) in [5, 5.41) is 19.2. The smallest absolute Gasteiger partial charge is 0.395 e. The predicted molar refractivity (Wildman–Crippen MR) is 170 cm³/mol. The van der Waals surface area contributed by atoms with E-state index in [1.165, 1.54) is 28.1 Å². The summed E-state index contributed by atoms with van der Waals surface area (Å²) in [6.07, 6.45) is -6.22. The van der Waals surface area contributed by atoms with Crippen LogP contribution in [0.2, 0.25) is 0 Å². The second-order valence-electron chi connectivity index (χ2n) is 9.75. The van der Waals surface area contributed by atoms with Crippen LogP contribution in [0.4, 0.5) is 16.2 Å². The van der Waals surface area contributed by atoms with Crippen molar-refractivity contribution in [2.45, 2.75) is 47.4 Å². The summed E-state index contributed by atoms with van der Waals surface area (Å²) in [5.41, 5.74) is 11.5. The number of aromatic amines is 1. The summed E-state index contributed by atoms with van der Waals surface area (Å²) in [5.74, 6) is -0.0860. The zero-order valence-corrected chi connectivity index (χ0v) is 27.5. The number of alkyl halides is 1. The van der Waals surface area contributed by atoms with Gasteiger partial charge in [-0.15, -0.1) is 16.3 Å². The van der Waals surface area contributed by atoms with Gasteiger partial charge in [0.25, 0.3) is 5.56 Å². The molecule has 6 rings (SSSR count). The first-order valence-electron chi connectivity index (χ1n) is 12.8. The van der Waals surface area contributed by atoms with Crippen LogP contribution < -0.4 is 17.0 Å². The highest BCUT2D eigenvalue weighted by molar-refractivity contribution is 8.54. The van der Waals surface area contributed by atoms with Crippen LogP contribution in [-0.4, -0.2) is 103 Å². The van der Waals surface area contributed by atoms with Gasteiger partial charge < -0.3 is 35.8 Å². The minimum absolute atomic E-state index is 0.0318. The quantitative estimate of drug-likeness (QED) is 0.0836. The van der Waals surface area contributed by atoms with Gasteiger partial charge in [-0.1, -0.05) is 0 Å². The number of aromatic nitrogens is 8. The fourth-order valence-corrected chi connectivity index (χ4v) is 9.03. The molecule has 2 fully saturated rings. The van der Waals surface area contributed by atoms with E-state index >= 15 is 4.39 Å². The largest absolute Gasteiger partial charge is 0.411 e. The van der Waals surface area contributed by atoms with Gasteiger partial charge in [0, 0.05) is 0 Å². The van der Waals surface area contributed by atoms with Gasteiger partial charge in [0.15, 0.2) is 41.1 Å². The molecule has 0 aromatic carbocycles. The first-order chi connectivity index (χ1) is 21.4. The van der Waals surface area contributed by atoms with Gasteiger partial charge in [-0.25, -0.2) is 24.3 Å². The molecular weight excluding hydrogens is 717 g/mol. The number of thioether (sulfide) groups is 1. The van der Waals surface area contributed by atoms with Crippen molar-refractivity contribution in [1.82, 2.24) is 39.0 Å². The van der Waals surface area contributed by atoms with E-state index in [0.29, 0.717) is 0 Å². The van der Waals surface area contributed by atoms with E-state index in [1.54, 1.807) is 0 Å². The summed E-state index contributed by atoms with van der Waals surface area (Å²) in [6.45, 7) is -5.19. The lowest BCUT2D eigenvalue weighted by molar-refractivity contribution is -0.0445. The van der Waals surface area contributed by atoms with Crippen molar-refractivity contribution in [3.05, 3.63) is 29.3 Å². The third kappa shape index (κ3) is 6.34. The number of ether oxygens (including phenoxy) is 1. The number of nitrogens with zero attached hydrogens (tertiary/aromatic N) is 7. The zero-order valence-electron chi connectivity index (χ0n) is 22.4. The Labute approximate surface area is 272 Å². The molecule has 2 aliphatic heterocycles. The van der Waals surface area contributed by atoms with Crippen molar-refractivity contribution in [1.29, 1.82) is 0 Å². The number of aliphatic hydroxyl groups is 2. The van der Waals surface area contributed by atoms with Crippen molar-refractivity contribution < 1.29 is 37.8 Å². The van der Waals surface area contributed by atoms with E-state index in [-0.39, 0.29) is 34.1 Å². The molecule has 0 saturated carbocycles. The van der Waals surface area contributed by atoms with Crippen LogP contribution in [0.3, 0.4) is 0 Å². The number of nitrogens with one attached hydrogen (secondary N) is 1. The minimum Gasteiger partial charge on any atom is -0.395 e. The number of thiol groups is 1. The van der Waals surface area contributed by atoms with E-state index in [4.69, 9.17) is 53.4 Å². The van der Waals surface area contributed by atoms with Crippen LogP contribution in [0.15, 0.2) is 23.8 Å². The summed E-state index contributed by atoms with van der Waals surface area (Å²) < 4.78 is 41.4. The van der Waals surface area contributed by atoms with Gasteiger partial charge >= 0.3 is 12.8 Å². The molecule has 0 bridgehead atoms. The lowest BCUT2D eigenvalue weighted by atomic mass is 10.1. The molecule has 6 heterocycles. The molecule has 2 unspecified atom stereocenters. The van der Waals surface area contributed by atoms with Crippen LogP contribution >= 0.6 is 36.9 Å². The van der Waals surface area contributed by atoms with Gasteiger partial charge in [-0.05, 0) is 11.8 Å². The zero-order chi connectivity index (χ0) is 32.2. The second kappa shape index (κ2) is 12.9. The third-order valence-corrected chi connectivity index (χ3v) is 11.1. The molecule has 4 aromatic rings. The Morgan fingerprint density at radius 1 is 1.20 bits per heavy atom. The van der Waals surface area contributed by atoms with Crippen molar-refractivity contribution in [2.24, 2.45) is 0 Å². The standard InChI is InChI=1S/C20H23FN10O8P2S4/c21-8-12(38-40(42)43)6(37-18(8)30-4-26-9-14(22)24-3-25-15(9)30)2-36-41(35,44)39-13-11(33)7(1-32)45-19(13)31-5-27-10-16(31)28-20(23)29-17(10)34/h3-8,11-13,18-19,32-33H,1-2H2,(H6-,22,23,24,25,28,29,34,35,42,43,44)/p+1/t6-,7-,8+,11-,12-,13-,18-,19-,41?/m1/s1. The van der Waals surface area contributed by atoms with E-state index in [1.807, 2.05) is 0 Å². The molecule has 45 heavy (non-hydrogen) atoms. The monoisotopic (exact) mass is 741 g/mol. The molecule has 0 aliphatic carbocycles. The molecule has 242 valence electrons. The number of H-pyrrole nitrogens is 1. The Hall–Kier alpha value is -1.98. The number of imidazole rings is 2. The van der Waals surface area contributed by atoms with Crippen LogP contribution in [0.5, 0.6) is 0 Å². The van der Waals surface area contributed by atoms with Gasteiger partial charge in [0.1, 0.15) is 41.7 Å². The van der Waals surface area contributed by atoms with Gasteiger partial charge in [0.05, 0.1) is 37.2 Å². The lowest BCUT2D eigenvalue weighted by Gasteiger charge is -2.27. The summed E-state index contributed by atoms with van der Waals surface area (Å²) in [4.78, 5) is 46.1. The van der Waals surface area contributed by atoms with E-state index in [9.17, 15) is 19.9 Å². The third-order valence-electron chi connectivity index (χ3n) is 7.01. The first kappa shape index (κ1) is 32.9. The van der Waals surface area contributed by atoms with Gasteiger partial charge in [-0.3, -0.25) is 23.4 Å². The van der Waals surface area contributed by atoms with E-state index < -0.39 is 79.1 Å². The summed E-state index contributed by atoms with van der Waals surface area (Å²) in [7, 11) is 0. The van der Waals surface area contributed by atoms with Crippen LogP contribution in [0.1, 0.15) is 11.6 Å². The maximum absolute atomic E-state index is 15.8. The van der Waals surface area contributed by atoms with Gasteiger partial charge in [-0.2, -0.15) is 4.98 Å². The van der Waals surface area contributed by atoms with Crippen LogP contribution in [0, 0.1) is 0 Å². The number of halogens is 1. The minimum atomic E-state index is -4.22. The molecule has 2 saturated heterocycles. The normalized spacial score (nSPS) is 30.3. The molecule has 0 radical (unpaired) electrons. The Kier molecular flexibility index (Phi) is 9.45. The molecule has 4 aromatic heterocycles. The fraction of sp³-hybridized carbons (Fsp3) is 0.500. The maximum Gasteiger partial charge on any atom is 0.411 e. The van der Waals surface area contributed by atoms with Crippen molar-refractivity contribution in [3.8, 4) is 0 Å². The number of hydrogen-bond donors (Lipinski definition) is 7. The molecular formula is C20H24FN10O8P2S4+. The SMILES string of the molecule is Nc1nc2c(ncn2[C@@H]2S[C@H](CO)[C@@H](O)[C@H]2OP(O)(=S)OC[C@H]2O[C@@H](n3cnc4c(N)ncnc43)[C@@H](F)[C@@H]2O[P+](=S)S)c(=O)[nH]1. The highest BCUT2D eigenvalue weighted by Gasteiger charge is 2.52. The molecule has 8 N–H and O–H groups in total. The number of hydrogen-bond acceptors (Lipinski definition) is 17. The Morgan fingerprint density at radius 3 is 2.67 bits per heavy atom. The van der Waals surface area contributed by atoms with Crippen molar-refractivity contribution >= 4 is 94.6 Å². The first-order valence-corrected chi connectivity index (χ1v) is 19.7. The molecule has 0 spiro atoms. The number of aliphatic hydroxyl groups excluding tert-OH is 2. The number of anilines is 2. The molecule has 2 aliphatic rings. The molecule has 10 atom stereocenters. The number of nitrogen functional groups attached to an aromatic ring is 2. The maximum atomic E-state index is 15.8. The Balaban J connectivity index is 1.22. The van der Waals surface area contributed by atoms with Crippen LogP contribution in [-0.2, 0) is 41.9 Å². The highest BCUT2D eigenvalue weighted by atomic mass is 32.9.